The van der Waals surface area contributed by atoms with Crippen LogP contribution >= 0.6 is 0 Å². The molecule has 0 unspecified atom stereocenters. The molecule has 0 saturated carbocycles. The summed E-state index contributed by atoms with van der Waals surface area (Å²) in [4.78, 5) is 0. The fourth-order valence-electron chi connectivity index (χ4n) is 1.48. The van der Waals surface area contributed by atoms with Gasteiger partial charge in [0.05, 0.1) is 5.56 Å². The second kappa shape index (κ2) is 6.00. The zero-order valence-corrected chi connectivity index (χ0v) is 9.57. The molecule has 0 bridgehead atoms. The SMILES string of the molecule is CCCNCCc1ccc(F)c(C(F)(F)F)c1. The molecule has 0 atom stereocenters. The Labute approximate surface area is 97.8 Å². The molecular weight excluding hydrogens is 234 g/mol. The van der Waals surface area contributed by atoms with Crippen LogP contribution in [0, 0.1) is 5.82 Å². The smallest absolute Gasteiger partial charge is 0.316 e. The topological polar surface area (TPSA) is 12.0 Å². The maximum atomic E-state index is 13.0. The van der Waals surface area contributed by atoms with Crippen LogP contribution in [0.5, 0.6) is 0 Å². The van der Waals surface area contributed by atoms with Crippen molar-refractivity contribution in [2.75, 3.05) is 13.1 Å². The Hall–Kier alpha value is -1.10. The van der Waals surface area contributed by atoms with Crippen molar-refractivity contribution in [2.45, 2.75) is 25.9 Å². The van der Waals surface area contributed by atoms with E-state index in [0.717, 1.165) is 25.1 Å². The van der Waals surface area contributed by atoms with Crippen molar-refractivity contribution in [3.8, 4) is 0 Å². The first-order chi connectivity index (χ1) is 7.95. The first-order valence-corrected chi connectivity index (χ1v) is 5.51. The van der Waals surface area contributed by atoms with Gasteiger partial charge in [-0.05, 0) is 43.6 Å². The van der Waals surface area contributed by atoms with E-state index in [-0.39, 0.29) is 0 Å². The van der Waals surface area contributed by atoms with Crippen LogP contribution in [0.3, 0.4) is 0 Å². The van der Waals surface area contributed by atoms with E-state index >= 15 is 0 Å². The van der Waals surface area contributed by atoms with Gasteiger partial charge in [0.2, 0.25) is 0 Å². The van der Waals surface area contributed by atoms with Gasteiger partial charge < -0.3 is 5.32 Å². The van der Waals surface area contributed by atoms with E-state index in [4.69, 9.17) is 0 Å². The van der Waals surface area contributed by atoms with Crippen LogP contribution in [-0.2, 0) is 12.6 Å². The molecule has 0 aliphatic heterocycles. The third-order valence-electron chi connectivity index (χ3n) is 2.35. The number of alkyl halides is 3. The zero-order chi connectivity index (χ0) is 12.9. The summed E-state index contributed by atoms with van der Waals surface area (Å²) in [5.74, 6) is -1.22. The molecule has 0 radical (unpaired) electrons. The second-order valence-corrected chi connectivity index (χ2v) is 3.81. The summed E-state index contributed by atoms with van der Waals surface area (Å²) >= 11 is 0. The summed E-state index contributed by atoms with van der Waals surface area (Å²) in [5, 5.41) is 3.08. The fourth-order valence-corrected chi connectivity index (χ4v) is 1.48. The van der Waals surface area contributed by atoms with Crippen LogP contribution in [0.2, 0.25) is 0 Å². The first-order valence-electron chi connectivity index (χ1n) is 5.51. The summed E-state index contributed by atoms with van der Waals surface area (Å²) < 4.78 is 50.2. The lowest BCUT2D eigenvalue weighted by molar-refractivity contribution is -0.140. The van der Waals surface area contributed by atoms with Gasteiger partial charge in [-0.3, -0.25) is 0 Å². The Morgan fingerprint density at radius 1 is 1.18 bits per heavy atom. The lowest BCUT2D eigenvalue weighted by Crippen LogP contribution is -2.18. The van der Waals surface area contributed by atoms with Crippen LogP contribution in [0.15, 0.2) is 18.2 Å². The fraction of sp³-hybridized carbons (Fsp3) is 0.500. The van der Waals surface area contributed by atoms with Gasteiger partial charge in [-0.15, -0.1) is 0 Å². The van der Waals surface area contributed by atoms with Gasteiger partial charge in [0.25, 0.3) is 0 Å². The molecule has 1 aromatic rings. The van der Waals surface area contributed by atoms with Crippen LogP contribution in [-0.4, -0.2) is 13.1 Å². The van der Waals surface area contributed by atoms with E-state index in [1.807, 2.05) is 6.92 Å². The molecule has 0 fully saturated rings. The molecule has 0 aromatic heterocycles. The molecule has 0 heterocycles. The minimum absolute atomic E-state index is 0.462. The molecule has 1 aromatic carbocycles. The highest BCUT2D eigenvalue weighted by Crippen LogP contribution is 2.31. The van der Waals surface area contributed by atoms with Crippen molar-refractivity contribution in [2.24, 2.45) is 0 Å². The Morgan fingerprint density at radius 3 is 2.47 bits per heavy atom. The monoisotopic (exact) mass is 249 g/mol. The average Bonchev–Trinajstić information content (AvgIpc) is 2.25. The second-order valence-electron chi connectivity index (χ2n) is 3.81. The Kier molecular flexibility index (Phi) is 4.93. The van der Waals surface area contributed by atoms with Crippen molar-refractivity contribution in [1.29, 1.82) is 0 Å². The molecule has 1 nitrogen and oxygen atoms in total. The molecule has 1 rings (SSSR count). The van der Waals surface area contributed by atoms with Crippen molar-refractivity contribution >= 4 is 0 Å². The third kappa shape index (κ3) is 4.34. The van der Waals surface area contributed by atoms with Gasteiger partial charge in [0.1, 0.15) is 5.82 Å². The maximum absolute atomic E-state index is 13.0. The average molecular weight is 249 g/mol. The van der Waals surface area contributed by atoms with Crippen LogP contribution in [0.25, 0.3) is 0 Å². The Bertz CT molecular complexity index is 360. The molecule has 0 aliphatic rings. The molecule has 96 valence electrons. The molecule has 0 spiro atoms. The van der Waals surface area contributed by atoms with E-state index in [1.165, 1.54) is 6.07 Å². The van der Waals surface area contributed by atoms with Crippen molar-refractivity contribution in [1.82, 2.24) is 5.32 Å². The minimum Gasteiger partial charge on any atom is -0.316 e. The first kappa shape index (κ1) is 14.0. The predicted octanol–water partition coefficient (Wildman–Crippen LogP) is 3.39. The van der Waals surface area contributed by atoms with Crippen molar-refractivity contribution < 1.29 is 17.6 Å². The van der Waals surface area contributed by atoms with E-state index in [2.05, 4.69) is 5.32 Å². The summed E-state index contributed by atoms with van der Waals surface area (Å²) in [7, 11) is 0. The van der Waals surface area contributed by atoms with E-state index in [1.54, 1.807) is 0 Å². The summed E-state index contributed by atoms with van der Waals surface area (Å²) in [6.45, 7) is 3.43. The standard InChI is InChI=1S/C12H15F4N/c1-2-6-17-7-5-9-3-4-11(13)10(8-9)12(14,15)16/h3-4,8,17H,2,5-7H2,1H3. The lowest BCUT2D eigenvalue weighted by Gasteiger charge is -2.10. The highest BCUT2D eigenvalue weighted by molar-refractivity contribution is 5.27. The summed E-state index contributed by atoms with van der Waals surface area (Å²) in [5.41, 5.74) is -0.701. The quantitative estimate of drug-likeness (QED) is 0.623. The number of rotatable bonds is 5. The van der Waals surface area contributed by atoms with Crippen LogP contribution < -0.4 is 5.32 Å². The molecule has 5 heteroatoms. The predicted molar refractivity (Wildman–Crippen MR) is 58.3 cm³/mol. The van der Waals surface area contributed by atoms with E-state index < -0.39 is 17.6 Å². The highest BCUT2D eigenvalue weighted by atomic mass is 19.4. The number of hydrogen-bond donors (Lipinski definition) is 1. The van der Waals surface area contributed by atoms with Crippen molar-refractivity contribution in [3.05, 3.63) is 35.1 Å². The lowest BCUT2D eigenvalue weighted by atomic mass is 10.1. The van der Waals surface area contributed by atoms with Crippen LogP contribution in [0.4, 0.5) is 17.6 Å². The molecule has 0 saturated heterocycles. The van der Waals surface area contributed by atoms with Gasteiger partial charge >= 0.3 is 6.18 Å². The number of benzene rings is 1. The number of nitrogens with one attached hydrogen (secondary N) is 1. The zero-order valence-electron chi connectivity index (χ0n) is 9.57. The van der Waals surface area contributed by atoms with Gasteiger partial charge in [-0.25, -0.2) is 4.39 Å². The van der Waals surface area contributed by atoms with Gasteiger partial charge in [0, 0.05) is 0 Å². The molecule has 0 aliphatic carbocycles. The summed E-state index contributed by atoms with van der Waals surface area (Å²) in [6.07, 6.45) is -3.20. The largest absolute Gasteiger partial charge is 0.419 e. The van der Waals surface area contributed by atoms with Gasteiger partial charge in [-0.1, -0.05) is 13.0 Å². The van der Waals surface area contributed by atoms with Crippen LogP contribution in [0.1, 0.15) is 24.5 Å². The Morgan fingerprint density at radius 2 is 1.88 bits per heavy atom. The molecule has 0 amide bonds. The molecular formula is C12H15F4N. The normalized spacial score (nSPS) is 11.8. The van der Waals surface area contributed by atoms with Gasteiger partial charge in [-0.2, -0.15) is 13.2 Å². The Balaban J connectivity index is 2.69. The van der Waals surface area contributed by atoms with Gasteiger partial charge in [0.15, 0.2) is 0 Å². The molecule has 17 heavy (non-hydrogen) atoms. The third-order valence-corrected chi connectivity index (χ3v) is 2.35. The highest BCUT2D eigenvalue weighted by Gasteiger charge is 2.34. The van der Waals surface area contributed by atoms with Crippen molar-refractivity contribution in [3.63, 3.8) is 0 Å². The summed E-state index contributed by atoms with van der Waals surface area (Å²) in [6, 6.07) is 3.14. The number of hydrogen-bond acceptors (Lipinski definition) is 1. The van der Waals surface area contributed by atoms with E-state index in [9.17, 15) is 17.6 Å². The molecule has 1 N–H and O–H groups in total. The number of halogens is 4. The van der Waals surface area contributed by atoms with E-state index in [0.29, 0.717) is 18.5 Å². The maximum Gasteiger partial charge on any atom is 0.419 e. The minimum atomic E-state index is -4.63.